The molecule has 1 aliphatic rings. The van der Waals surface area contributed by atoms with Crippen molar-refractivity contribution in [3.8, 4) is 0 Å². The van der Waals surface area contributed by atoms with Crippen LogP contribution in [0.4, 0.5) is 0 Å². The first-order valence-corrected chi connectivity index (χ1v) is 7.56. The van der Waals surface area contributed by atoms with E-state index in [2.05, 4.69) is 0 Å². The summed E-state index contributed by atoms with van der Waals surface area (Å²) in [4.78, 5) is 0. The number of halogens is 1. The third kappa shape index (κ3) is 3.34. The number of aryl methyl sites for hydroxylation is 1. The Kier molecular flexibility index (Phi) is 4.55. The minimum atomic E-state index is -0.406. The maximum Gasteiger partial charge on any atom is 0.491 e. The lowest BCUT2D eigenvalue weighted by Gasteiger charge is -2.32. The van der Waals surface area contributed by atoms with E-state index in [1.54, 1.807) is 0 Å². The Morgan fingerprint density at radius 3 is 2.29 bits per heavy atom. The molecule has 1 aliphatic heterocycles. The number of benzene rings is 1. The third-order valence-corrected chi connectivity index (χ3v) is 4.75. The van der Waals surface area contributed by atoms with Crippen LogP contribution < -0.4 is 5.73 Å². The summed E-state index contributed by atoms with van der Waals surface area (Å²) >= 11 is 6.06. The molecule has 0 radical (unpaired) electrons. The van der Waals surface area contributed by atoms with Crippen molar-refractivity contribution < 1.29 is 9.31 Å². The molecule has 2 N–H and O–H groups in total. The molecule has 114 valence electrons. The van der Waals surface area contributed by atoms with Gasteiger partial charge in [0.15, 0.2) is 0 Å². The first kappa shape index (κ1) is 16.6. The predicted octanol–water partition coefficient (Wildman–Crippen LogP) is 3.62. The van der Waals surface area contributed by atoms with E-state index in [0.29, 0.717) is 6.54 Å². The second-order valence-corrected chi connectivity index (χ2v) is 6.93. The lowest BCUT2D eigenvalue weighted by atomic mass is 9.77. The molecule has 0 unspecified atom stereocenters. The third-order valence-electron chi connectivity index (χ3n) is 4.33. The molecule has 0 bridgehead atoms. The van der Waals surface area contributed by atoms with Gasteiger partial charge < -0.3 is 15.0 Å². The van der Waals surface area contributed by atoms with E-state index in [0.717, 1.165) is 21.6 Å². The van der Waals surface area contributed by atoms with Crippen LogP contribution in [0.15, 0.2) is 23.7 Å². The molecule has 1 fully saturated rings. The van der Waals surface area contributed by atoms with Gasteiger partial charge in [-0.1, -0.05) is 29.8 Å². The van der Waals surface area contributed by atoms with Crippen LogP contribution in [0.3, 0.4) is 0 Å². The Bertz CT molecular complexity index is 553. The molecule has 0 atom stereocenters. The molecule has 0 saturated carbocycles. The summed E-state index contributed by atoms with van der Waals surface area (Å²) in [5.74, 6) is 0. The fourth-order valence-electron chi connectivity index (χ4n) is 2.19. The second-order valence-electron chi connectivity index (χ2n) is 6.52. The van der Waals surface area contributed by atoms with E-state index in [-0.39, 0.29) is 11.2 Å². The molecule has 1 aromatic carbocycles. The highest BCUT2D eigenvalue weighted by Crippen LogP contribution is 2.38. The summed E-state index contributed by atoms with van der Waals surface area (Å²) in [6.07, 6.45) is 2.02. The zero-order valence-corrected chi connectivity index (χ0v) is 14.1. The molecule has 21 heavy (non-hydrogen) atoms. The van der Waals surface area contributed by atoms with Crippen molar-refractivity contribution in [2.75, 3.05) is 6.54 Å². The molecule has 0 spiro atoms. The minimum Gasteiger partial charge on any atom is -0.400 e. The average Bonchev–Trinajstić information content (AvgIpc) is 2.59. The molecule has 0 aromatic heterocycles. The molecule has 1 saturated heterocycles. The largest absolute Gasteiger partial charge is 0.491 e. The van der Waals surface area contributed by atoms with E-state index in [1.165, 1.54) is 0 Å². The highest BCUT2D eigenvalue weighted by molar-refractivity contribution is 6.55. The van der Waals surface area contributed by atoms with Gasteiger partial charge in [-0.25, -0.2) is 0 Å². The molecular formula is C16H23BClNO2. The molecule has 3 nitrogen and oxygen atoms in total. The first-order valence-electron chi connectivity index (χ1n) is 7.18. The second kappa shape index (κ2) is 5.77. The van der Waals surface area contributed by atoms with E-state index in [1.807, 2.05) is 58.9 Å². The van der Waals surface area contributed by atoms with Crippen molar-refractivity contribution in [3.63, 3.8) is 0 Å². The van der Waals surface area contributed by atoms with E-state index < -0.39 is 7.12 Å². The standard InChI is InChI=1S/C16H23BClNO2/c1-11-8-12(6-7-14(11)18)9-13(10-19)17-20-15(2,3)16(4,5)21-17/h6-9H,10,19H2,1-5H3. The molecule has 1 heterocycles. The van der Waals surface area contributed by atoms with Crippen molar-refractivity contribution in [1.29, 1.82) is 0 Å². The highest BCUT2D eigenvalue weighted by Gasteiger charge is 2.52. The first-order chi connectivity index (χ1) is 9.66. The van der Waals surface area contributed by atoms with Gasteiger partial charge in [-0.05, 0) is 57.3 Å². The van der Waals surface area contributed by atoms with Crippen LogP contribution in [0.1, 0.15) is 38.8 Å². The lowest BCUT2D eigenvalue weighted by molar-refractivity contribution is 0.00578. The summed E-state index contributed by atoms with van der Waals surface area (Å²) < 4.78 is 12.1. The fourth-order valence-corrected chi connectivity index (χ4v) is 2.31. The van der Waals surface area contributed by atoms with Crippen LogP contribution in [0.25, 0.3) is 6.08 Å². The van der Waals surface area contributed by atoms with Gasteiger partial charge in [-0.3, -0.25) is 0 Å². The zero-order valence-electron chi connectivity index (χ0n) is 13.4. The summed E-state index contributed by atoms with van der Waals surface area (Å²) in [5, 5.41) is 0.761. The van der Waals surface area contributed by atoms with E-state index in [9.17, 15) is 0 Å². The van der Waals surface area contributed by atoms with Crippen LogP contribution in [0, 0.1) is 6.92 Å². The smallest absolute Gasteiger partial charge is 0.400 e. The van der Waals surface area contributed by atoms with Crippen LogP contribution in [0.5, 0.6) is 0 Å². The van der Waals surface area contributed by atoms with Crippen molar-refractivity contribution in [2.24, 2.45) is 5.73 Å². The maximum absolute atomic E-state index is 6.06. The van der Waals surface area contributed by atoms with Crippen LogP contribution >= 0.6 is 11.6 Å². The van der Waals surface area contributed by atoms with Gasteiger partial charge in [0.2, 0.25) is 0 Å². The topological polar surface area (TPSA) is 44.5 Å². The summed E-state index contributed by atoms with van der Waals surface area (Å²) in [6, 6.07) is 5.89. The number of hydrogen-bond acceptors (Lipinski definition) is 3. The van der Waals surface area contributed by atoms with Crippen molar-refractivity contribution >= 4 is 24.8 Å². The molecule has 2 rings (SSSR count). The quantitative estimate of drug-likeness (QED) is 0.867. The van der Waals surface area contributed by atoms with Gasteiger partial charge in [0.1, 0.15) is 0 Å². The van der Waals surface area contributed by atoms with Crippen LogP contribution in [-0.4, -0.2) is 24.9 Å². The van der Waals surface area contributed by atoms with E-state index >= 15 is 0 Å². The van der Waals surface area contributed by atoms with Gasteiger partial charge in [-0.2, -0.15) is 0 Å². The number of rotatable bonds is 3. The lowest BCUT2D eigenvalue weighted by Crippen LogP contribution is -2.41. The summed E-state index contributed by atoms with van der Waals surface area (Å²) in [5.41, 5.74) is 8.18. The fraction of sp³-hybridized carbons (Fsp3) is 0.500. The van der Waals surface area contributed by atoms with Crippen LogP contribution in [-0.2, 0) is 9.31 Å². The molecule has 0 aliphatic carbocycles. The van der Waals surface area contributed by atoms with Gasteiger partial charge >= 0.3 is 7.12 Å². The Morgan fingerprint density at radius 2 is 1.81 bits per heavy atom. The molecular weight excluding hydrogens is 284 g/mol. The van der Waals surface area contributed by atoms with Crippen molar-refractivity contribution in [1.82, 2.24) is 0 Å². The zero-order chi connectivity index (χ0) is 15.8. The van der Waals surface area contributed by atoms with E-state index in [4.69, 9.17) is 26.6 Å². The molecule has 5 heteroatoms. The summed E-state index contributed by atoms with van der Waals surface area (Å²) in [6.45, 7) is 10.5. The van der Waals surface area contributed by atoms with Crippen molar-refractivity contribution in [3.05, 3.63) is 39.8 Å². The molecule has 0 amide bonds. The molecule has 1 aromatic rings. The average molecular weight is 308 g/mol. The maximum atomic E-state index is 6.06. The van der Waals surface area contributed by atoms with Crippen molar-refractivity contribution in [2.45, 2.75) is 45.8 Å². The Hall–Kier alpha value is -0.805. The highest BCUT2D eigenvalue weighted by atomic mass is 35.5. The predicted molar refractivity (Wildman–Crippen MR) is 89.3 cm³/mol. The Balaban J connectivity index is 2.28. The Morgan fingerprint density at radius 1 is 1.24 bits per heavy atom. The van der Waals surface area contributed by atoms with Gasteiger partial charge in [0, 0.05) is 11.6 Å². The van der Waals surface area contributed by atoms with Gasteiger partial charge in [0.05, 0.1) is 11.2 Å². The summed E-state index contributed by atoms with van der Waals surface area (Å²) in [7, 11) is -0.406. The number of hydrogen-bond donors (Lipinski definition) is 1. The van der Waals surface area contributed by atoms with Gasteiger partial charge in [-0.15, -0.1) is 0 Å². The normalized spacial score (nSPS) is 20.9. The Labute approximate surface area is 132 Å². The minimum absolute atomic E-state index is 0.359. The van der Waals surface area contributed by atoms with Gasteiger partial charge in [0.25, 0.3) is 0 Å². The number of nitrogens with two attached hydrogens (primary N) is 1. The monoisotopic (exact) mass is 307 g/mol. The van der Waals surface area contributed by atoms with Crippen LogP contribution in [0.2, 0.25) is 5.02 Å². The SMILES string of the molecule is Cc1cc(C=C(CN)B2OC(C)(C)C(C)(C)O2)ccc1Cl.